The summed E-state index contributed by atoms with van der Waals surface area (Å²) in [6, 6.07) is 5.07. The van der Waals surface area contributed by atoms with Crippen molar-refractivity contribution in [3.8, 4) is 11.5 Å². The molecule has 1 aromatic heterocycles. The van der Waals surface area contributed by atoms with E-state index in [0.717, 1.165) is 0 Å². The quantitative estimate of drug-likeness (QED) is 0.930. The van der Waals surface area contributed by atoms with Crippen LogP contribution in [0.2, 0.25) is 0 Å². The van der Waals surface area contributed by atoms with Crippen molar-refractivity contribution in [2.45, 2.75) is 19.9 Å². The number of ether oxygens (including phenoxy) is 1. The third-order valence-corrected chi connectivity index (χ3v) is 3.00. The predicted molar refractivity (Wildman–Crippen MR) is 73.8 cm³/mol. The molecule has 0 radical (unpaired) electrons. The van der Waals surface area contributed by atoms with Gasteiger partial charge in [-0.15, -0.1) is 0 Å². The van der Waals surface area contributed by atoms with Gasteiger partial charge in [0, 0.05) is 10.5 Å². The first-order chi connectivity index (χ1) is 8.97. The van der Waals surface area contributed by atoms with E-state index in [9.17, 15) is 4.79 Å². The smallest absolute Gasteiger partial charge is 0.339 e. The van der Waals surface area contributed by atoms with Gasteiger partial charge in [-0.1, -0.05) is 15.9 Å². The van der Waals surface area contributed by atoms with Crippen LogP contribution in [0.4, 0.5) is 0 Å². The molecule has 1 heterocycles. The number of halogens is 1. The Bertz CT molecular complexity index is 608. The average molecular weight is 325 g/mol. The van der Waals surface area contributed by atoms with Crippen molar-refractivity contribution >= 4 is 21.9 Å². The predicted octanol–water partition coefficient (Wildman–Crippen LogP) is 3.72. The average Bonchev–Trinajstić information content (AvgIpc) is 2.80. The van der Waals surface area contributed by atoms with Gasteiger partial charge in [-0.05, 0) is 32.0 Å². The van der Waals surface area contributed by atoms with Gasteiger partial charge in [0.05, 0.1) is 12.4 Å². The topological polar surface area (TPSA) is 64.3 Å². The Morgan fingerprint density at radius 2 is 2.21 bits per heavy atom. The molecule has 0 spiro atoms. The summed E-state index contributed by atoms with van der Waals surface area (Å²) in [5, 5.41) is 13.3. The number of rotatable bonds is 4. The number of carboxylic acid groups (broad SMARTS) is 1. The van der Waals surface area contributed by atoms with Crippen molar-refractivity contribution in [1.82, 2.24) is 9.78 Å². The number of carboxylic acids is 1. The molecule has 0 bridgehead atoms. The maximum Gasteiger partial charge on any atom is 0.339 e. The van der Waals surface area contributed by atoms with Crippen LogP contribution < -0.4 is 4.74 Å². The Labute approximate surface area is 118 Å². The van der Waals surface area contributed by atoms with Gasteiger partial charge in [0.25, 0.3) is 0 Å². The van der Waals surface area contributed by atoms with Gasteiger partial charge in [-0.25, -0.2) is 4.79 Å². The number of aromatic carboxylic acids is 1. The first-order valence-corrected chi connectivity index (χ1v) is 6.51. The van der Waals surface area contributed by atoms with Crippen LogP contribution in [0.1, 0.15) is 30.2 Å². The molecule has 0 aliphatic rings. The van der Waals surface area contributed by atoms with E-state index >= 15 is 0 Å². The van der Waals surface area contributed by atoms with Gasteiger partial charge in [0.1, 0.15) is 11.3 Å². The highest BCUT2D eigenvalue weighted by molar-refractivity contribution is 9.10. The second kappa shape index (κ2) is 5.44. The summed E-state index contributed by atoms with van der Waals surface area (Å²) >= 11 is 3.24. The molecule has 0 aliphatic heterocycles. The maximum absolute atomic E-state index is 11.2. The first kappa shape index (κ1) is 13.6. The molecule has 1 N–H and O–H groups in total. The minimum Gasteiger partial charge on any atom is -0.478 e. The fraction of sp³-hybridized carbons (Fsp3) is 0.231. The van der Waals surface area contributed by atoms with E-state index in [1.165, 1.54) is 6.07 Å². The van der Waals surface area contributed by atoms with Gasteiger partial charge in [-0.3, -0.25) is 4.68 Å². The molecule has 100 valence electrons. The van der Waals surface area contributed by atoms with Crippen LogP contribution in [0.25, 0.3) is 0 Å². The lowest BCUT2D eigenvalue weighted by Crippen LogP contribution is -2.00. The van der Waals surface area contributed by atoms with Crippen LogP contribution in [-0.2, 0) is 0 Å². The van der Waals surface area contributed by atoms with E-state index in [0.29, 0.717) is 16.0 Å². The number of aromatic nitrogens is 2. The highest BCUT2D eigenvalue weighted by Crippen LogP contribution is 2.28. The first-order valence-electron chi connectivity index (χ1n) is 5.72. The van der Waals surface area contributed by atoms with Crippen LogP contribution in [-0.4, -0.2) is 20.9 Å². The molecular formula is C13H13BrN2O3. The van der Waals surface area contributed by atoms with Crippen molar-refractivity contribution in [3.05, 3.63) is 40.6 Å². The summed E-state index contributed by atoms with van der Waals surface area (Å²) < 4.78 is 8.01. The molecule has 0 amide bonds. The molecule has 5 nitrogen and oxygen atoms in total. The van der Waals surface area contributed by atoms with Gasteiger partial charge in [0.2, 0.25) is 0 Å². The molecule has 0 atom stereocenters. The third-order valence-electron chi connectivity index (χ3n) is 2.51. The van der Waals surface area contributed by atoms with Crippen LogP contribution in [0, 0.1) is 0 Å². The van der Waals surface area contributed by atoms with E-state index in [4.69, 9.17) is 9.84 Å². The van der Waals surface area contributed by atoms with Crippen molar-refractivity contribution in [1.29, 1.82) is 0 Å². The lowest BCUT2D eigenvalue weighted by Gasteiger charge is -2.07. The highest BCUT2D eigenvalue weighted by atomic mass is 79.9. The number of benzene rings is 1. The molecule has 2 rings (SSSR count). The molecule has 19 heavy (non-hydrogen) atoms. The Morgan fingerprint density at radius 3 is 2.79 bits per heavy atom. The normalized spacial score (nSPS) is 10.7. The Morgan fingerprint density at radius 1 is 1.47 bits per heavy atom. The minimum absolute atomic E-state index is 0.103. The van der Waals surface area contributed by atoms with E-state index in [2.05, 4.69) is 21.0 Å². The highest BCUT2D eigenvalue weighted by Gasteiger charge is 2.13. The number of carbonyl (C=O) groups is 1. The van der Waals surface area contributed by atoms with Crippen molar-refractivity contribution in [2.24, 2.45) is 0 Å². The Hall–Kier alpha value is -1.82. The van der Waals surface area contributed by atoms with Crippen LogP contribution in [0.5, 0.6) is 11.5 Å². The largest absolute Gasteiger partial charge is 0.478 e. The fourth-order valence-electron chi connectivity index (χ4n) is 1.54. The summed E-state index contributed by atoms with van der Waals surface area (Å²) in [6.07, 6.45) is 3.30. The summed E-state index contributed by atoms with van der Waals surface area (Å²) in [5.41, 5.74) is 0.103. The monoisotopic (exact) mass is 324 g/mol. The van der Waals surface area contributed by atoms with E-state index in [1.807, 2.05) is 13.8 Å². The zero-order valence-electron chi connectivity index (χ0n) is 10.5. The van der Waals surface area contributed by atoms with E-state index in [1.54, 1.807) is 29.2 Å². The number of hydrogen-bond acceptors (Lipinski definition) is 3. The maximum atomic E-state index is 11.2. The summed E-state index contributed by atoms with van der Waals surface area (Å²) in [5.74, 6) is -0.231. The van der Waals surface area contributed by atoms with Gasteiger partial charge >= 0.3 is 5.97 Å². The van der Waals surface area contributed by atoms with Crippen LogP contribution >= 0.6 is 15.9 Å². The summed E-state index contributed by atoms with van der Waals surface area (Å²) in [4.78, 5) is 11.2. The molecule has 1 aromatic carbocycles. The van der Waals surface area contributed by atoms with Crippen molar-refractivity contribution < 1.29 is 14.6 Å². The van der Waals surface area contributed by atoms with E-state index < -0.39 is 5.97 Å². The Balaban J connectivity index is 2.29. The number of hydrogen-bond donors (Lipinski definition) is 1. The zero-order valence-corrected chi connectivity index (χ0v) is 12.1. The summed E-state index contributed by atoms with van der Waals surface area (Å²) in [6.45, 7) is 4.00. The lowest BCUT2D eigenvalue weighted by atomic mass is 10.2. The van der Waals surface area contributed by atoms with Crippen molar-refractivity contribution in [2.75, 3.05) is 0 Å². The molecule has 0 fully saturated rings. The fourth-order valence-corrected chi connectivity index (χ4v) is 1.90. The molecule has 0 unspecified atom stereocenters. The minimum atomic E-state index is -1.03. The molecule has 2 aromatic rings. The zero-order chi connectivity index (χ0) is 14.0. The van der Waals surface area contributed by atoms with Gasteiger partial charge in [0.15, 0.2) is 5.75 Å². The van der Waals surface area contributed by atoms with Crippen molar-refractivity contribution in [3.63, 3.8) is 0 Å². The Kier molecular flexibility index (Phi) is 3.90. The molecule has 6 heteroatoms. The van der Waals surface area contributed by atoms with Gasteiger partial charge < -0.3 is 9.84 Å². The van der Waals surface area contributed by atoms with Crippen LogP contribution in [0.3, 0.4) is 0 Å². The third kappa shape index (κ3) is 3.14. The number of nitrogens with zero attached hydrogens (tertiary/aromatic N) is 2. The SMILES string of the molecule is CC(C)n1cc(Oc2ccc(Br)cc2C(=O)O)cn1. The van der Waals surface area contributed by atoms with Crippen LogP contribution in [0.15, 0.2) is 35.1 Å². The second-order valence-electron chi connectivity index (χ2n) is 4.30. The summed E-state index contributed by atoms with van der Waals surface area (Å²) in [7, 11) is 0. The molecule has 0 aliphatic carbocycles. The van der Waals surface area contributed by atoms with E-state index in [-0.39, 0.29) is 11.6 Å². The van der Waals surface area contributed by atoms with Gasteiger partial charge in [-0.2, -0.15) is 5.10 Å². The standard InChI is InChI=1S/C13H13BrN2O3/c1-8(2)16-7-10(6-15-16)19-12-4-3-9(14)5-11(12)13(17)18/h3-8H,1-2H3,(H,17,18). The molecule has 0 saturated carbocycles. The molecular weight excluding hydrogens is 312 g/mol. The lowest BCUT2D eigenvalue weighted by molar-refractivity contribution is 0.0694. The molecule has 0 saturated heterocycles. The second-order valence-corrected chi connectivity index (χ2v) is 5.21.